The van der Waals surface area contributed by atoms with E-state index in [2.05, 4.69) is 5.32 Å². The highest BCUT2D eigenvalue weighted by Crippen LogP contribution is 2.35. The summed E-state index contributed by atoms with van der Waals surface area (Å²) in [5.74, 6) is -0.691. The minimum Gasteiger partial charge on any atom is -0.491 e. The van der Waals surface area contributed by atoms with Crippen molar-refractivity contribution in [2.45, 2.75) is 19.1 Å². The van der Waals surface area contributed by atoms with Crippen LogP contribution in [0.1, 0.15) is 22.7 Å². The Morgan fingerprint density at radius 3 is 2.44 bits per heavy atom. The van der Waals surface area contributed by atoms with E-state index in [0.29, 0.717) is 5.56 Å². The predicted molar refractivity (Wildman–Crippen MR) is 88.1 cm³/mol. The number of ether oxygens (including phenoxy) is 1. The van der Waals surface area contributed by atoms with E-state index in [1.165, 1.54) is 18.2 Å². The van der Waals surface area contributed by atoms with Crippen LogP contribution in [0, 0.1) is 6.92 Å². The Kier molecular flexibility index (Phi) is 6.03. The molecule has 2 aromatic carbocycles. The first kappa shape index (κ1) is 18.8. The molecule has 0 saturated carbocycles. The summed E-state index contributed by atoms with van der Waals surface area (Å²) >= 11 is 0. The smallest absolute Gasteiger partial charge is 0.419 e. The van der Waals surface area contributed by atoms with Crippen molar-refractivity contribution in [3.05, 3.63) is 65.2 Å². The number of para-hydroxylation sites is 1. The molecule has 2 rings (SSSR count). The normalized spacial score (nSPS) is 12.5. The lowest BCUT2D eigenvalue weighted by Gasteiger charge is -2.15. The Labute approximate surface area is 143 Å². The van der Waals surface area contributed by atoms with E-state index >= 15 is 0 Å². The van der Waals surface area contributed by atoms with E-state index in [-0.39, 0.29) is 18.9 Å². The maximum absolute atomic E-state index is 12.8. The van der Waals surface area contributed by atoms with E-state index in [4.69, 9.17) is 10.5 Å². The minimum absolute atomic E-state index is 0.0462. The number of aryl methyl sites for hydroxylation is 1. The van der Waals surface area contributed by atoms with E-state index in [0.717, 1.165) is 11.6 Å². The highest BCUT2D eigenvalue weighted by molar-refractivity contribution is 5.82. The molecule has 3 N–H and O–H groups in total. The SMILES string of the molecule is Cc1ccc(C(N)C(=O)NCCOc2ccccc2C(F)(F)F)cc1. The first-order valence-electron chi connectivity index (χ1n) is 7.68. The molecule has 134 valence electrons. The number of nitrogens with two attached hydrogens (primary N) is 1. The summed E-state index contributed by atoms with van der Waals surface area (Å²) in [6.07, 6.45) is -4.49. The zero-order valence-electron chi connectivity index (χ0n) is 13.6. The average molecular weight is 352 g/mol. The zero-order valence-corrected chi connectivity index (χ0v) is 13.6. The van der Waals surface area contributed by atoms with E-state index in [1.807, 2.05) is 19.1 Å². The molecule has 1 amide bonds. The predicted octanol–water partition coefficient (Wildman–Crippen LogP) is 3.21. The molecule has 7 heteroatoms. The average Bonchev–Trinajstić information content (AvgIpc) is 2.58. The molecule has 25 heavy (non-hydrogen) atoms. The molecule has 0 bridgehead atoms. The molecule has 0 aliphatic heterocycles. The van der Waals surface area contributed by atoms with Crippen molar-refractivity contribution in [1.29, 1.82) is 0 Å². The molecule has 0 aromatic heterocycles. The van der Waals surface area contributed by atoms with Crippen molar-refractivity contribution in [2.24, 2.45) is 5.73 Å². The van der Waals surface area contributed by atoms with Gasteiger partial charge in [-0.1, -0.05) is 42.0 Å². The van der Waals surface area contributed by atoms with E-state index in [9.17, 15) is 18.0 Å². The fourth-order valence-electron chi connectivity index (χ4n) is 2.20. The van der Waals surface area contributed by atoms with Crippen LogP contribution in [0.2, 0.25) is 0 Å². The summed E-state index contributed by atoms with van der Waals surface area (Å²) in [7, 11) is 0. The molecule has 2 aromatic rings. The molecular formula is C18H19F3N2O2. The molecule has 1 unspecified atom stereocenters. The Hall–Kier alpha value is -2.54. The van der Waals surface area contributed by atoms with Gasteiger partial charge in [0.2, 0.25) is 5.91 Å². The standard InChI is InChI=1S/C18H19F3N2O2/c1-12-6-8-13(9-7-12)16(22)17(24)23-10-11-25-15-5-3-2-4-14(15)18(19,20)21/h2-9,16H,10-11,22H2,1H3,(H,23,24). The second-order valence-electron chi connectivity index (χ2n) is 5.52. The third-order valence-corrected chi connectivity index (χ3v) is 3.57. The Morgan fingerprint density at radius 2 is 1.80 bits per heavy atom. The van der Waals surface area contributed by atoms with Crippen LogP contribution in [-0.4, -0.2) is 19.1 Å². The number of amides is 1. The van der Waals surface area contributed by atoms with Crippen LogP contribution >= 0.6 is 0 Å². The maximum Gasteiger partial charge on any atom is 0.419 e. The zero-order chi connectivity index (χ0) is 18.4. The molecule has 0 spiro atoms. The van der Waals surface area contributed by atoms with Gasteiger partial charge in [0, 0.05) is 0 Å². The fourth-order valence-corrected chi connectivity index (χ4v) is 2.20. The molecule has 0 fully saturated rings. The summed E-state index contributed by atoms with van der Waals surface area (Å²) < 4.78 is 43.7. The lowest BCUT2D eigenvalue weighted by molar-refractivity contribution is -0.139. The molecule has 0 aliphatic carbocycles. The number of nitrogens with one attached hydrogen (secondary N) is 1. The number of alkyl halides is 3. The molecular weight excluding hydrogens is 333 g/mol. The lowest BCUT2D eigenvalue weighted by Crippen LogP contribution is -2.36. The van der Waals surface area contributed by atoms with Crippen molar-refractivity contribution in [1.82, 2.24) is 5.32 Å². The first-order chi connectivity index (χ1) is 11.8. The number of halogens is 3. The molecule has 0 heterocycles. The van der Waals surface area contributed by atoms with Crippen molar-refractivity contribution >= 4 is 5.91 Å². The van der Waals surface area contributed by atoms with Crippen LogP contribution in [0.15, 0.2) is 48.5 Å². The minimum atomic E-state index is -4.49. The van der Waals surface area contributed by atoms with Crippen LogP contribution in [0.5, 0.6) is 5.75 Å². The number of carbonyl (C=O) groups is 1. The molecule has 1 atom stereocenters. The molecule has 0 saturated heterocycles. The van der Waals surface area contributed by atoms with Gasteiger partial charge in [-0.25, -0.2) is 0 Å². The Balaban J connectivity index is 1.85. The van der Waals surface area contributed by atoms with Crippen molar-refractivity contribution in [3.8, 4) is 5.75 Å². The van der Waals surface area contributed by atoms with Gasteiger partial charge < -0.3 is 15.8 Å². The van der Waals surface area contributed by atoms with E-state index in [1.54, 1.807) is 12.1 Å². The van der Waals surface area contributed by atoms with Crippen molar-refractivity contribution in [3.63, 3.8) is 0 Å². The number of benzene rings is 2. The van der Waals surface area contributed by atoms with Crippen LogP contribution in [-0.2, 0) is 11.0 Å². The summed E-state index contributed by atoms with van der Waals surface area (Å²) in [5.41, 5.74) is 6.72. The van der Waals surface area contributed by atoms with Gasteiger partial charge in [0.25, 0.3) is 0 Å². The van der Waals surface area contributed by atoms with Gasteiger partial charge in [0.15, 0.2) is 0 Å². The van der Waals surface area contributed by atoms with Crippen molar-refractivity contribution < 1.29 is 22.7 Å². The number of carbonyl (C=O) groups excluding carboxylic acids is 1. The number of hydrogen-bond donors (Lipinski definition) is 2. The molecule has 0 aliphatic rings. The van der Waals surface area contributed by atoms with E-state index < -0.39 is 23.7 Å². The van der Waals surface area contributed by atoms with Gasteiger partial charge in [0.1, 0.15) is 18.4 Å². The topological polar surface area (TPSA) is 64.4 Å². The highest BCUT2D eigenvalue weighted by Gasteiger charge is 2.33. The maximum atomic E-state index is 12.8. The van der Waals surface area contributed by atoms with Crippen LogP contribution < -0.4 is 15.8 Å². The lowest BCUT2D eigenvalue weighted by atomic mass is 10.1. The monoisotopic (exact) mass is 352 g/mol. The third-order valence-electron chi connectivity index (χ3n) is 3.57. The molecule has 4 nitrogen and oxygen atoms in total. The quantitative estimate of drug-likeness (QED) is 0.785. The van der Waals surface area contributed by atoms with Gasteiger partial charge in [0.05, 0.1) is 12.1 Å². The largest absolute Gasteiger partial charge is 0.491 e. The van der Waals surface area contributed by atoms with Crippen LogP contribution in [0.25, 0.3) is 0 Å². The van der Waals surface area contributed by atoms with Gasteiger partial charge in [-0.2, -0.15) is 13.2 Å². The van der Waals surface area contributed by atoms with Crippen LogP contribution in [0.3, 0.4) is 0 Å². The summed E-state index contributed by atoms with van der Waals surface area (Å²) in [6, 6.07) is 11.3. The van der Waals surface area contributed by atoms with Crippen molar-refractivity contribution in [2.75, 3.05) is 13.2 Å². The third kappa shape index (κ3) is 5.22. The van der Waals surface area contributed by atoms with Gasteiger partial charge in [-0.3, -0.25) is 4.79 Å². The Bertz CT molecular complexity index is 715. The Morgan fingerprint density at radius 1 is 1.16 bits per heavy atom. The first-order valence-corrected chi connectivity index (χ1v) is 7.68. The van der Waals surface area contributed by atoms with Gasteiger partial charge in [-0.05, 0) is 24.6 Å². The molecule has 0 radical (unpaired) electrons. The summed E-state index contributed by atoms with van der Waals surface area (Å²) in [5, 5.41) is 2.55. The van der Waals surface area contributed by atoms with Gasteiger partial charge in [-0.15, -0.1) is 0 Å². The fraction of sp³-hybridized carbons (Fsp3) is 0.278. The second kappa shape index (κ2) is 8.02. The number of hydrogen-bond acceptors (Lipinski definition) is 3. The van der Waals surface area contributed by atoms with Gasteiger partial charge >= 0.3 is 6.18 Å². The summed E-state index contributed by atoms with van der Waals surface area (Å²) in [6.45, 7) is 1.87. The van der Waals surface area contributed by atoms with Crippen LogP contribution in [0.4, 0.5) is 13.2 Å². The number of rotatable bonds is 6. The summed E-state index contributed by atoms with van der Waals surface area (Å²) in [4.78, 5) is 12.0. The highest BCUT2D eigenvalue weighted by atomic mass is 19.4. The second-order valence-corrected chi connectivity index (χ2v) is 5.52.